The van der Waals surface area contributed by atoms with Crippen LogP contribution < -0.4 is 15.5 Å². The van der Waals surface area contributed by atoms with Gasteiger partial charge in [0.05, 0.1) is 18.4 Å². The molecule has 2 aromatic rings. The van der Waals surface area contributed by atoms with E-state index in [1.54, 1.807) is 6.20 Å². The number of allylic oxidation sites excluding steroid dienone is 2. The Balaban J connectivity index is 1.40. The van der Waals surface area contributed by atoms with Crippen molar-refractivity contribution in [2.45, 2.75) is 50.6 Å². The lowest BCUT2D eigenvalue weighted by atomic mass is 10.00. The summed E-state index contributed by atoms with van der Waals surface area (Å²) < 4.78 is 25.9. The number of rotatable bonds is 6. The van der Waals surface area contributed by atoms with E-state index in [1.165, 1.54) is 18.7 Å². The van der Waals surface area contributed by atoms with E-state index in [0.717, 1.165) is 30.6 Å². The zero-order chi connectivity index (χ0) is 21.4. The van der Waals surface area contributed by atoms with E-state index in [-0.39, 0.29) is 17.7 Å². The van der Waals surface area contributed by atoms with Crippen molar-refractivity contribution in [3.8, 4) is 0 Å². The first kappa shape index (κ1) is 20.0. The second-order valence-corrected chi connectivity index (χ2v) is 8.11. The van der Waals surface area contributed by atoms with Crippen molar-refractivity contribution in [2.24, 2.45) is 0 Å². The lowest BCUT2D eigenvalue weighted by Crippen LogP contribution is -2.48. The third-order valence-electron chi connectivity index (χ3n) is 6.09. The van der Waals surface area contributed by atoms with Crippen LogP contribution in [0, 0.1) is 0 Å². The Morgan fingerprint density at radius 3 is 2.84 bits per heavy atom. The Labute approximate surface area is 180 Å². The number of oxazole rings is 1. The molecule has 31 heavy (non-hydrogen) atoms. The summed E-state index contributed by atoms with van der Waals surface area (Å²) in [5.41, 5.74) is 2.49. The third kappa shape index (κ3) is 3.77. The van der Waals surface area contributed by atoms with Gasteiger partial charge in [0, 0.05) is 30.0 Å². The van der Waals surface area contributed by atoms with Crippen LogP contribution in [-0.4, -0.2) is 35.7 Å². The monoisotopic (exact) mass is 424 g/mol. The van der Waals surface area contributed by atoms with Gasteiger partial charge < -0.3 is 24.7 Å². The van der Waals surface area contributed by atoms with Gasteiger partial charge in [-0.05, 0) is 36.6 Å². The van der Waals surface area contributed by atoms with Crippen LogP contribution in [0.3, 0.4) is 0 Å². The molecule has 5 rings (SSSR count). The summed E-state index contributed by atoms with van der Waals surface area (Å²) in [5, 5.41) is 6.39. The minimum absolute atomic E-state index is 0.0552. The predicted molar refractivity (Wildman–Crippen MR) is 113 cm³/mol. The fourth-order valence-electron chi connectivity index (χ4n) is 4.59. The molecular weight excluding hydrogens is 399 g/mol. The van der Waals surface area contributed by atoms with E-state index in [1.807, 2.05) is 36.1 Å². The Hall–Kier alpha value is -2.97. The van der Waals surface area contributed by atoms with Crippen molar-refractivity contribution in [2.75, 3.05) is 11.4 Å². The zero-order valence-corrected chi connectivity index (χ0v) is 17.3. The Bertz CT molecular complexity index is 1000. The quantitative estimate of drug-likeness (QED) is 0.738. The number of fused-ring (bicyclic) bond motifs is 2. The molecule has 1 amide bonds. The number of hydrogen-bond donors (Lipinski definition) is 2. The second kappa shape index (κ2) is 8.28. The maximum Gasteiger partial charge on any atom is 0.290 e. The summed E-state index contributed by atoms with van der Waals surface area (Å²) in [6, 6.07) is 8.40. The van der Waals surface area contributed by atoms with Crippen LogP contribution in [0.5, 0.6) is 0 Å². The van der Waals surface area contributed by atoms with Crippen LogP contribution >= 0.6 is 0 Å². The minimum Gasteiger partial charge on any atom is -0.438 e. The van der Waals surface area contributed by atoms with Gasteiger partial charge in [-0.1, -0.05) is 25.5 Å². The maximum absolute atomic E-state index is 14.7. The molecule has 4 atom stereocenters. The van der Waals surface area contributed by atoms with Gasteiger partial charge in [-0.25, -0.2) is 9.37 Å². The molecule has 0 radical (unpaired) electrons. The third-order valence-corrected chi connectivity index (χ3v) is 6.09. The SMILES string of the molecule is CCCC1=C(F)C=CN(c2ccc([C@@H]3O[C@H]4CN[C@@H]3C4)cc2)C1NC(=O)c1cnco1. The molecule has 4 heterocycles. The topological polar surface area (TPSA) is 79.6 Å². The molecule has 0 saturated carbocycles. The number of carbonyl (C=O) groups excluding carboxylic acids is 1. The highest BCUT2D eigenvalue weighted by molar-refractivity contribution is 5.91. The number of anilines is 1. The Morgan fingerprint density at radius 2 is 2.19 bits per heavy atom. The van der Waals surface area contributed by atoms with Crippen molar-refractivity contribution in [3.05, 3.63) is 71.9 Å². The van der Waals surface area contributed by atoms with Gasteiger partial charge in [-0.2, -0.15) is 0 Å². The molecule has 1 unspecified atom stereocenters. The largest absolute Gasteiger partial charge is 0.438 e. The molecule has 2 saturated heterocycles. The molecule has 2 bridgehead atoms. The number of aromatic nitrogens is 1. The first-order chi connectivity index (χ1) is 15.1. The summed E-state index contributed by atoms with van der Waals surface area (Å²) in [7, 11) is 0. The molecule has 162 valence electrons. The molecule has 3 aliphatic rings. The van der Waals surface area contributed by atoms with Crippen LogP contribution in [0.4, 0.5) is 10.1 Å². The van der Waals surface area contributed by atoms with Crippen LogP contribution in [-0.2, 0) is 4.74 Å². The zero-order valence-electron chi connectivity index (χ0n) is 17.3. The lowest BCUT2D eigenvalue weighted by Gasteiger charge is -2.35. The molecule has 2 N–H and O–H groups in total. The predicted octanol–water partition coefficient (Wildman–Crippen LogP) is 3.59. The number of amides is 1. The van der Waals surface area contributed by atoms with Crippen molar-refractivity contribution >= 4 is 11.6 Å². The van der Waals surface area contributed by atoms with E-state index < -0.39 is 12.1 Å². The van der Waals surface area contributed by atoms with Gasteiger partial charge in [-0.3, -0.25) is 4.79 Å². The standard InChI is InChI=1S/C23H25FN4O3/c1-2-3-17-18(24)8-9-28(22(17)27-23(29)20-12-25-13-30-20)15-6-4-14(5-7-15)21-19-10-16(31-21)11-26-19/h4-9,12-13,16,19,21-22,26H,2-3,10-11H2,1H3,(H,27,29)/t16-,19-,21+,22?/m1/s1. The summed E-state index contributed by atoms with van der Waals surface area (Å²) in [5.74, 6) is -0.677. The molecular formula is C23H25FN4O3. The van der Waals surface area contributed by atoms with E-state index in [9.17, 15) is 9.18 Å². The molecule has 8 heteroatoms. The number of benzene rings is 1. The maximum atomic E-state index is 14.7. The van der Waals surface area contributed by atoms with Crippen LogP contribution in [0.25, 0.3) is 0 Å². The van der Waals surface area contributed by atoms with Gasteiger partial charge >= 0.3 is 0 Å². The van der Waals surface area contributed by atoms with Gasteiger partial charge in [-0.15, -0.1) is 0 Å². The number of nitrogens with one attached hydrogen (secondary N) is 2. The highest BCUT2D eigenvalue weighted by Crippen LogP contribution is 2.38. The number of halogens is 1. The first-order valence-corrected chi connectivity index (χ1v) is 10.7. The fourth-order valence-corrected chi connectivity index (χ4v) is 4.59. The first-order valence-electron chi connectivity index (χ1n) is 10.7. The summed E-state index contributed by atoms with van der Waals surface area (Å²) >= 11 is 0. The molecule has 3 aliphatic heterocycles. The van der Waals surface area contributed by atoms with Crippen molar-refractivity contribution < 1.29 is 18.3 Å². The van der Waals surface area contributed by atoms with E-state index in [0.29, 0.717) is 24.1 Å². The van der Waals surface area contributed by atoms with Crippen LogP contribution in [0.2, 0.25) is 0 Å². The van der Waals surface area contributed by atoms with E-state index in [4.69, 9.17) is 9.15 Å². The van der Waals surface area contributed by atoms with E-state index >= 15 is 0 Å². The van der Waals surface area contributed by atoms with Crippen LogP contribution in [0.1, 0.15) is 48.4 Å². The average Bonchev–Trinajstić information content (AvgIpc) is 3.55. The second-order valence-electron chi connectivity index (χ2n) is 8.11. The van der Waals surface area contributed by atoms with Crippen molar-refractivity contribution in [3.63, 3.8) is 0 Å². The smallest absolute Gasteiger partial charge is 0.290 e. The number of carbonyl (C=O) groups is 1. The van der Waals surface area contributed by atoms with E-state index in [2.05, 4.69) is 15.6 Å². The molecule has 2 fully saturated rings. The highest BCUT2D eigenvalue weighted by Gasteiger charge is 2.41. The highest BCUT2D eigenvalue weighted by atomic mass is 19.1. The Kier molecular flexibility index (Phi) is 5.33. The fraction of sp³-hybridized carbons (Fsp3) is 0.391. The normalized spacial score (nSPS) is 27.2. The van der Waals surface area contributed by atoms with Crippen LogP contribution in [0.15, 0.2) is 64.9 Å². The number of morpholine rings is 1. The average molecular weight is 424 g/mol. The molecule has 0 aliphatic carbocycles. The lowest BCUT2D eigenvalue weighted by molar-refractivity contribution is 0.0160. The molecule has 1 aromatic heterocycles. The van der Waals surface area contributed by atoms with Crippen molar-refractivity contribution in [1.82, 2.24) is 15.6 Å². The summed E-state index contributed by atoms with van der Waals surface area (Å²) in [6.45, 7) is 2.90. The molecule has 0 spiro atoms. The van der Waals surface area contributed by atoms with Gasteiger partial charge in [0.15, 0.2) is 6.39 Å². The van der Waals surface area contributed by atoms with Gasteiger partial charge in [0.1, 0.15) is 12.0 Å². The Morgan fingerprint density at radius 1 is 1.35 bits per heavy atom. The number of nitrogens with zero attached hydrogens (tertiary/aromatic N) is 2. The van der Waals surface area contributed by atoms with Gasteiger partial charge in [0.25, 0.3) is 5.91 Å². The number of hydrogen-bond acceptors (Lipinski definition) is 6. The van der Waals surface area contributed by atoms with Crippen molar-refractivity contribution in [1.29, 1.82) is 0 Å². The molecule has 7 nitrogen and oxygen atoms in total. The summed E-state index contributed by atoms with van der Waals surface area (Å²) in [4.78, 5) is 18.3. The number of ether oxygens (including phenoxy) is 1. The minimum atomic E-state index is -0.659. The van der Waals surface area contributed by atoms with Gasteiger partial charge in [0.2, 0.25) is 5.76 Å². The summed E-state index contributed by atoms with van der Waals surface area (Å²) in [6.07, 6.45) is 7.65. The molecule has 1 aromatic carbocycles.